The summed E-state index contributed by atoms with van der Waals surface area (Å²) in [6, 6.07) is 4.43. The van der Waals surface area contributed by atoms with Crippen LogP contribution >= 0.6 is 0 Å². The molecule has 1 aromatic heterocycles. The van der Waals surface area contributed by atoms with Gasteiger partial charge in [-0.1, -0.05) is 6.07 Å². The topological polar surface area (TPSA) is 50.9 Å². The SMILES string of the molecule is CC(C)Nc1ccc(C(C)N)cn1. The molecule has 1 heterocycles. The molecule has 0 amide bonds. The molecule has 0 radical (unpaired) electrons. The molecule has 72 valence electrons. The molecule has 0 spiro atoms. The van der Waals surface area contributed by atoms with Crippen LogP contribution in [0.1, 0.15) is 32.4 Å². The highest BCUT2D eigenvalue weighted by molar-refractivity contribution is 5.36. The molecule has 0 aliphatic carbocycles. The summed E-state index contributed by atoms with van der Waals surface area (Å²) < 4.78 is 0. The van der Waals surface area contributed by atoms with E-state index in [4.69, 9.17) is 5.73 Å². The van der Waals surface area contributed by atoms with E-state index in [2.05, 4.69) is 24.1 Å². The third-order valence-electron chi connectivity index (χ3n) is 1.75. The summed E-state index contributed by atoms with van der Waals surface area (Å²) in [6.45, 7) is 6.12. The van der Waals surface area contributed by atoms with Crippen LogP contribution in [0.2, 0.25) is 0 Å². The van der Waals surface area contributed by atoms with Crippen molar-refractivity contribution in [2.45, 2.75) is 32.9 Å². The molecule has 0 saturated carbocycles. The predicted molar refractivity (Wildman–Crippen MR) is 55.6 cm³/mol. The Kier molecular flexibility index (Phi) is 3.25. The molecular weight excluding hydrogens is 162 g/mol. The monoisotopic (exact) mass is 179 g/mol. The summed E-state index contributed by atoms with van der Waals surface area (Å²) in [6.07, 6.45) is 1.81. The summed E-state index contributed by atoms with van der Waals surface area (Å²) >= 11 is 0. The lowest BCUT2D eigenvalue weighted by molar-refractivity contribution is 0.809. The summed E-state index contributed by atoms with van der Waals surface area (Å²) in [4.78, 5) is 4.25. The fourth-order valence-electron chi connectivity index (χ4n) is 1.06. The van der Waals surface area contributed by atoms with E-state index < -0.39 is 0 Å². The molecule has 0 aliphatic rings. The van der Waals surface area contributed by atoms with Gasteiger partial charge < -0.3 is 11.1 Å². The van der Waals surface area contributed by atoms with Crippen LogP contribution in [0, 0.1) is 0 Å². The highest BCUT2D eigenvalue weighted by Crippen LogP contribution is 2.11. The lowest BCUT2D eigenvalue weighted by Crippen LogP contribution is -2.11. The first-order valence-corrected chi connectivity index (χ1v) is 4.57. The molecule has 3 nitrogen and oxygen atoms in total. The largest absolute Gasteiger partial charge is 0.368 e. The zero-order chi connectivity index (χ0) is 9.84. The van der Waals surface area contributed by atoms with Gasteiger partial charge in [-0.3, -0.25) is 0 Å². The van der Waals surface area contributed by atoms with E-state index in [1.165, 1.54) is 0 Å². The van der Waals surface area contributed by atoms with Gasteiger partial charge in [0.2, 0.25) is 0 Å². The Hall–Kier alpha value is -1.09. The smallest absolute Gasteiger partial charge is 0.126 e. The number of pyridine rings is 1. The predicted octanol–water partition coefficient (Wildman–Crippen LogP) is 1.92. The second kappa shape index (κ2) is 4.23. The van der Waals surface area contributed by atoms with Crippen LogP contribution < -0.4 is 11.1 Å². The van der Waals surface area contributed by atoms with Crippen molar-refractivity contribution in [3.8, 4) is 0 Å². The normalized spacial score (nSPS) is 13.0. The molecule has 0 saturated heterocycles. The van der Waals surface area contributed by atoms with Crippen LogP contribution in [0.5, 0.6) is 0 Å². The Labute approximate surface area is 79.4 Å². The van der Waals surface area contributed by atoms with Gasteiger partial charge in [-0.05, 0) is 32.4 Å². The lowest BCUT2D eigenvalue weighted by atomic mass is 10.1. The van der Waals surface area contributed by atoms with Crippen molar-refractivity contribution in [2.24, 2.45) is 5.73 Å². The molecule has 3 N–H and O–H groups in total. The van der Waals surface area contributed by atoms with E-state index in [1.807, 2.05) is 25.3 Å². The Bertz CT molecular complexity index is 251. The van der Waals surface area contributed by atoms with Crippen molar-refractivity contribution in [1.82, 2.24) is 4.98 Å². The summed E-state index contributed by atoms with van der Waals surface area (Å²) in [5.74, 6) is 0.902. The third kappa shape index (κ3) is 3.03. The van der Waals surface area contributed by atoms with Crippen LogP contribution in [-0.2, 0) is 0 Å². The van der Waals surface area contributed by atoms with Crippen LogP contribution in [0.25, 0.3) is 0 Å². The Morgan fingerprint density at radius 2 is 2.00 bits per heavy atom. The maximum Gasteiger partial charge on any atom is 0.126 e. The van der Waals surface area contributed by atoms with Crippen molar-refractivity contribution >= 4 is 5.82 Å². The molecule has 0 aliphatic heterocycles. The van der Waals surface area contributed by atoms with Crippen molar-refractivity contribution in [3.63, 3.8) is 0 Å². The first-order chi connectivity index (χ1) is 6.09. The summed E-state index contributed by atoms with van der Waals surface area (Å²) in [5.41, 5.74) is 6.77. The van der Waals surface area contributed by atoms with Crippen LogP contribution in [-0.4, -0.2) is 11.0 Å². The Morgan fingerprint density at radius 1 is 1.31 bits per heavy atom. The molecule has 0 bridgehead atoms. The van der Waals surface area contributed by atoms with E-state index in [9.17, 15) is 0 Å². The van der Waals surface area contributed by atoms with Crippen LogP contribution in [0.4, 0.5) is 5.82 Å². The fraction of sp³-hybridized carbons (Fsp3) is 0.500. The van der Waals surface area contributed by atoms with Gasteiger partial charge in [-0.2, -0.15) is 0 Å². The molecule has 1 unspecified atom stereocenters. The quantitative estimate of drug-likeness (QED) is 0.745. The van der Waals surface area contributed by atoms with E-state index in [0.717, 1.165) is 11.4 Å². The molecule has 13 heavy (non-hydrogen) atoms. The van der Waals surface area contributed by atoms with Gasteiger partial charge in [0.05, 0.1) is 0 Å². The fourth-order valence-corrected chi connectivity index (χ4v) is 1.06. The van der Waals surface area contributed by atoms with E-state index in [1.54, 1.807) is 0 Å². The molecule has 1 rings (SSSR count). The lowest BCUT2D eigenvalue weighted by Gasteiger charge is -2.10. The average molecular weight is 179 g/mol. The minimum Gasteiger partial charge on any atom is -0.368 e. The second-order valence-electron chi connectivity index (χ2n) is 3.56. The maximum absolute atomic E-state index is 5.70. The third-order valence-corrected chi connectivity index (χ3v) is 1.75. The Morgan fingerprint density at radius 3 is 2.38 bits per heavy atom. The van der Waals surface area contributed by atoms with E-state index in [-0.39, 0.29) is 6.04 Å². The molecule has 1 aromatic rings. The van der Waals surface area contributed by atoms with Crippen molar-refractivity contribution in [1.29, 1.82) is 0 Å². The van der Waals surface area contributed by atoms with Gasteiger partial charge in [0.15, 0.2) is 0 Å². The van der Waals surface area contributed by atoms with Crippen LogP contribution in [0.3, 0.4) is 0 Å². The number of nitrogens with two attached hydrogens (primary N) is 1. The number of anilines is 1. The first-order valence-electron chi connectivity index (χ1n) is 4.57. The van der Waals surface area contributed by atoms with Gasteiger partial charge in [-0.25, -0.2) is 4.98 Å². The minimum absolute atomic E-state index is 0.0561. The highest BCUT2D eigenvalue weighted by Gasteiger charge is 2.00. The average Bonchev–Trinajstić information content (AvgIpc) is 2.04. The van der Waals surface area contributed by atoms with Crippen molar-refractivity contribution < 1.29 is 0 Å². The number of nitrogens with one attached hydrogen (secondary N) is 1. The molecular formula is C10H17N3. The minimum atomic E-state index is 0.0561. The van der Waals surface area contributed by atoms with Gasteiger partial charge in [-0.15, -0.1) is 0 Å². The van der Waals surface area contributed by atoms with Gasteiger partial charge in [0.25, 0.3) is 0 Å². The number of rotatable bonds is 3. The molecule has 3 heteroatoms. The summed E-state index contributed by atoms with van der Waals surface area (Å²) in [7, 11) is 0. The Balaban J connectivity index is 2.70. The van der Waals surface area contributed by atoms with Crippen LogP contribution in [0.15, 0.2) is 18.3 Å². The number of aromatic nitrogens is 1. The summed E-state index contributed by atoms with van der Waals surface area (Å²) in [5, 5.41) is 3.22. The standard InChI is InChI=1S/C10H17N3/c1-7(2)13-10-5-4-9(6-12-10)8(3)11/h4-8H,11H2,1-3H3,(H,12,13). The number of hydrogen-bond acceptors (Lipinski definition) is 3. The van der Waals surface area contributed by atoms with Gasteiger partial charge in [0, 0.05) is 18.3 Å². The number of nitrogens with zero attached hydrogens (tertiary/aromatic N) is 1. The molecule has 0 aromatic carbocycles. The van der Waals surface area contributed by atoms with Crippen molar-refractivity contribution in [2.75, 3.05) is 5.32 Å². The zero-order valence-corrected chi connectivity index (χ0v) is 8.41. The molecule has 1 atom stereocenters. The zero-order valence-electron chi connectivity index (χ0n) is 8.41. The molecule has 0 fully saturated rings. The highest BCUT2D eigenvalue weighted by atomic mass is 15.0. The van der Waals surface area contributed by atoms with Gasteiger partial charge >= 0.3 is 0 Å². The second-order valence-corrected chi connectivity index (χ2v) is 3.56. The van der Waals surface area contributed by atoms with E-state index >= 15 is 0 Å². The van der Waals surface area contributed by atoms with Gasteiger partial charge in [0.1, 0.15) is 5.82 Å². The maximum atomic E-state index is 5.70. The first kappa shape index (κ1) is 9.99. The van der Waals surface area contributed by atoms with E-state index in [0.29, 0.717) is 6.04 Å². The number of hydrogen-bond donors (Lipinski definition) is 2. The van der Waals surface area contributed by atoms with Crippen molar-refractivity contribution in [3.05, 3.63) is 23.9 Å².